The third kappa shape index (κ3) is 1.85. The normalized spacial score (nSPS) is 44.5. The van der Waals surface area contributed by atoms with E-state index in [0.717, 1.165) is 19.3 Å². The van der Waals surface area contributed by atoms with Crippen LogP contribution in [-0.4, -0.2) is 22.7 Å². The van der Waals surface area contributed by atoms with E-state index in [1.165, 1.54) is 5.71 Å². The second-order valence-corrected chi connectivity index (χ2v) is 7.84. The van der Waals surface area contributed by atoms with E-state index in [1.807, 2.05) is 0 Å². The van der Waals surface area contributed by atoms with E-state index < -0.39 is 0 Å². The lowest BCUT2D eigenvalue weighted by atomic mass is 9.48. The van der Waals surface area contributed by atoms with E-state index in [9.17, 15) is 4.79 Å². The summed E-state index contributed by atoms with van der Waals surface area (Å²) in [4.78, 5) is 16.6. The van der Waals surface area contributed by atoms with Crippen molar-refractivity contribution in [2.24, 2.45) is 15.8 Å². The van der Waals surface area contributed by atoms with Gasteiger partial charge in [-0.15, -0.1) is 0 Å². The number of nitrogens with one attached hydrogen (secondary N) is 1. The lowest BCUT2D eigenvalue weighted by molar-refractivity contribution is -0.124. The lowest BCUT2D eigenvalue weighted by Crippen LogP contribution is -2.68. The third-order valence-corrected chi connectivity index (χ3v) is 6.31. The minimum Gasteiger partial charge on any atom is -0.350 e. The van der Waals surface area contributed by atoms with Gasteiger partial charge in [0.05, 0.1) is 5.54 Å². The van der Waals surface area contributed by atoms with Crippen molar-refractivity contribution in [3.63, 3.8) is 0 Å². The largest absolute Gasteiger partial charge is 0.350 e. The number of hydrogen-bond acceptors (Lipinski definition) is 2. The molecular weight excluding hydrogens is 236 g/mol. The van der Waals surface area contributed by atoms with Gasteiger partial charge >= 0.3 is 0 Å². The lowest BCUT2D eigenvalue weighted by Gasteiger charge is -2.62. The third-order valence-electron chi connectivity index (χ3n) is 6.31. The molecule has 0 unspecified atom stereocenters. The molecule has 2 bridgehead atoms. The van der Waals surface area contributed by atoms with Crippen LogP contribution in [0, 0.1) is 10.8 Å². The molecule has 1 fully saturated rings. The zero-order valence-corrected chi connectivity index (χ0v) is 13.5. The van der Waals surface area contributed by atoms with Crippen molar-refractivity contribution in [2.45, 2.75) is 78.8 Å². The van der Waals surface area contributed by atoms with Crippen molar-refractivity contribution in [2.75, 3.05) is 0 Å². The molecule has 0 saturated heterocycles. The smallest absolute Gasteiger partial charge is 0.217 e. The fourth-order valence-electron chi connectivity index (χ4n) is 4.18. The molecule has 3 nitrogen and oxygen atoms in total. The Hall–Kier alpha value is -0.860. The highest BCUT2D eigenvalue weighted by Crippen LogP contribution is 2.60. The van der Waals surface area contributed by atoms with Gasteiger partial charge in [0, 0.05) is 23.6 Å². The second kappa shape index (κ2) is 3.83. The molecular formula is C16H28N2O. The number of rotatable bonds is 1. The van der Waals surface area contributed by atoms with E-state index in [4.69, 9.17) is 4.99 Å². The Morgan fingerprint density at radius 1 is 1.16 bits per heavy atom. The average molecular weight is 264 g/mol. The van der Waals surface area contributed by atoms with Gasteiger partial charge in [0.15, 0.2) is 0 Å². The number of carbonyl (C=O) groups is 1. The van der Waals surface area contributed by atoms with Crippen LogP contribution in [0.15, 0.2) is 4.99 Å². The SMILES string of the molecule is CC(=O)N[C@]1(C)CC[C@]2(C)C[C@@]1(C)C(C)=NC2(C)C. The summed E-state index contributed by atoms with van der Waals surface area (Å²) in [5.74, 6) is 0.0601. The van der Waals surface area contributed by atoms with Gasteiger partial charge in [-0.2, -0.15) is 0 Å². The van der Waals surface area contributed by atoms with Gasteiger partial charge in [-0.25, -0.2) is 0 Å². The highest BCUT2D eigenvalue weighted by Gasteiger charge is 2.61. The van der Waals surface area contributed by atoms with E-state index >= 15 is 0 Å². The zero-order valence-electron chi connectivity index (χ0n) is 13.5. The molecule has 1 heterocycles. The molecule has 3 atom stereocenters. The maximum atomic E-state index is 11.6. The molecule has 19 heavy (non-hydrogen) atoms. The number of carbonyl (C=O) groups excluding carboxylic acids is 1. The summed E-state index contributed by atoms with van der Waals surface area (Å²) in [6.45, 7) is 15.1. The van der Waals surface area contributed by atoms with Crippen molar-refractivity contribution < 1.29 is 4.79 Å². The topological polar surface area (TPSA) is 41.5 Å². The maximum Gasteiger partial charge on any atom is 0.217 e. The van der Waals surface area contributed by atoms with Crippen LogP contribution in [0.5, 0.6) is 0 Å². The highest BCUT2D eigenvalue weighted by molar-refractivity contribution is 5.91. The van der Waals surface area contributed by atoms with Crippen LogP contribution >= 0.6 is 0 Å². The molecule has 108 valence electrons. The van der Waals surface area contributed by atoms with E-state index in [0.29, 0.717) is 0 Å². The predicted molar refractivity (Wildman–Crippen MR) is 79.5 cm³/mol. The highest BCUT2D eigenvalue weighted by atomic mass is 16.1. The standard InChI is InChI=1S/C16H28N2O/c1-11-15(6)10-14(5,13(3,4)17-11)8-9-16(15,7)18-12(2)19/h8-10H2,1-7H3,(H,18,19)/t14-,15+,16-/m1/s1. The molecule has 1 N–H and O–H groups in total. The Morgan fingerprint density at radius 2 is 1.74 bits per heavy atom. The molecule has 1 saturated carbocycles. The molecule has 2 rings (SSSR count). The summed E-state index contributed by atoms with van der Waals surface area (Å²) < 4.78 is 0. The Balaban J connectivity index is 2.52. The first-order chi connectivity index (χ1) is 8.46. The molecule has 0 radical (unpaired) electrons. The van der Waals surface area contributed by atoms with Gasteiger partial charge in [0.25, 0.3) is 0 Å². The summed E-state index contributed by atoms with van der Waals surface area (Å²) in [7, 11) is 0. The summed E-state index contributed by atoms with van der Waals surface area (Å²) in [6, 6.07) is 0. The Kier molecular flexibility index (Phi) is 2.93. The Morgan fingerprint density at radius 3 is 2.26 bits per heavy atom. The number of fused-ring (bicyclic) bond motifs is 2. The van der Waals surface area contributed by atoms with Crippen LogP contribution in [0.25, 0.3) is 0 Å². The summed E-state index contributed by atoms with van der Waals surface area (Å²) in [6.07, 6.45) is 3.23. The quantitative estimate of drug-likeness (QED) is 0.775. The first-order valence-electron chi connectivity index (χ1n) is 7.32. The van der Waals surface area contributed by atoms with Gasteiger partial charge in [-0.3, -0.25) is 9.79 Å². The van der Waals surface area contributed by atoms with Crippen LogP contribution in [-0.2, 0) is 4.79 Å². The van der Waals surface area contributed by atoms with Crippen molar-refractivity contribution >= 4 is 11.6 Å². The minimum absolute atomic E-state index is 0.00581. The Bertz CT molecular complexity index is 454. The monoisotopic (exact) mass is 264 g/mol. The van der Waals surface area contributed by atoms with E-state index in [1.54, 1.807) is 6.92 Å². The first-order valence-corrected chi connectivity index (χ1v) is 7.32. The summed E-state index contributed by atoms with van der Waals surface area (Å²) in [5.41, 5.74) is 1.18. The summed E-state index contributed by atoms with van der Waals surface area (Å²) in [5, 5.41) is 3.21. The number of amides is 1. The van der Waals surface area contributed by atoms with Crippen LogP contribution in [0.3, 0.4) is 0 Å². The molecule has 0 aromatic rings. The van der Waals surface area contributed by atoms with Gasteiger partial charge in [0.2, 0.25) is 5.91 Å². The predicted octanol–water partition coefficient (Wildman–Crippen LogP) is 3.33. The minimum atomic E-state index is -0.178. The van der Waals surface area contributed by atoms with Crippen LogP contribution in [0.4, 0.5) is 0 Å². The van der Waals surface area contributed by atoms with Crippen molar-refractivity contribution in [1.29, 1.82) is 0 Å². The number of hydrogen-bond donors (Lipinski definition) is 1. The molecule has 0 aromatic carbocycles. The molecule has 2 aliphatic rings. The fourth-order valence-corrected chi connectivity index (χ4v) is 4.18. The number of nitrogens with zero attached hydrogens (tertiary/aromatic N) is 1. The van der Waals surface area contributed by atoms with E-state index in [-0.39, 0.29) is 27.8 Å². The second-order valence-electron chi connectivity index (χ2n) is 7.84. The number of aliphatic imine (C=N–C) groups is 1. The molecule has 1 amide bonds. The van der Waals surface area contributed by atoms with Crippen LogP contribution in [0.1, 0.15) is 67.7 Å². The molecule has 3 heteroatoms. The average Bonchev–Trinajstić information content (AvgIpc) is 2.21. The van der Waals surface area contributed by atoms with Gasteiger partial charge in [-0.05, 0) is 52.4 Å². The van der Waals surface area contributed by atoms with Crippen molar-refractivity contribution in [1.82, 2.24) is 5.32 Å². The first kappa shape index (κ1) is 14.5. The molecule has 1 aliphatic carbocycles. The maximum absolute atomic E-state index is 11.6. The zero-order chi connectivity index (χ0) is 14.7. The fraction of sp³-hybridized carbons (Fsp3) is 0.875. The van der Waals surface area contributed by atoms with Gasteiger partial charge < -0.3 is 5.32 Å². The van der Waals surface area contributed by atoms with Crippen LogP contribution < -0.4 is 5.32 Å². The van der Waals surface area contributed by atoms with E-state index in [2.05, 4.69) is 46.9 Å². The summed E-state index contributed by atoms with van der Waals surface area (Å²) >= 11 is 0. The van der Waals surface area contributed by atoms with Gasteiger partial charge in [0.1, 0.15) is 0 Å². The molecule has 0 spiro atoms. The molecule has 0 aromatic heterocycles. The van der Waals surface area contributed by atoms with Gasteiger partial charge in [-0.1, -0.05) is 13.8 Å². The molecule has 1 aliphatic heterocycles. The van der Waals surface area contributed by atoms with Crippen molar-refractivity contribution in [3.05, 3.63) is 0 Å². The van der Waals surface area contributed by atoms with Crippen molar-refractivity contribution in [3.8, 4) is 0 Å². The Labute approximate surface area is 117 Å². The van der Waals surface area contributed by atoms with Crippen LogP contribution in [0.2, 0.25) is 0 Å².